The average Bonchev–Trinajstić information content (AvgIpc) is 3.00. The molecule has 9 heteroatoms. The van der Waals surface area contributed by atoms with Crippen LogP contribution in [0.1, 0.15) is 27.8 Å². The summed E-state index contributed by atoms with van der Waals surface area (Å²) in [7, 11) is -2.65. The van der Waals surface area contributed by atoms with Gasteiger partial charge in [-0.25, -0.2) is 8.42 Å². The molecule has 2 amide bonds. The molecule has 0 unspecified atom stereocenters. The van der Waals surface area contributed by atoms with E-state index in [0.29, 0.717) is 21.8 Å². The van der Waals surface area contributed by atoms with Crippen LogP contribution >= 0.6 is 11.6 Å². The number of halogens is 1. The summed E-state index contributed by atoms with van der Waals surface area (Å²) in [6.07, 6.45) is 0.227. The molecule has 4 aromatic carbocycles. The number of nitrogens with one attached hydrogen (secondary N) is 1. The maximum Gasteiger partial charge on any atom is 0.264 e. The second-order valence-electron chi connectivity index (χ2n) is 10.5. The molecule has 0 fully saturated rings. The zero-order valence-electron chi connectivity index (χ0n) is 24.7. The first kappa shape index (κ1) is 31.8. The number of hydrogen-bond acceptors (Lipinski definition) is 4. The first-order valence-corrected chi connectivity index (χ1v) is 15.8. The average molecular weight is 618 g/mol. The van der Waals surface area contributed by atoms with Crippen LogP contribution in [0.2, 0.25) is 5.02 Å². The molecule has 0 aromatic heterocycles. The van der Waals surface area contributed by atoms with E-state index in [1.54, 1.807) is 49.4 Å². The Balaban J connectivity index is 1.83. The van der Waals surface area contributed by atoms with Crippen molar-refractivity contribution < 1.29 is 18.0 Å². The van der Waals surface area contributed by atoms with Gasteiger partial charge in [0.2, 0.25) is 11.8 Å². The van der Waals surface area contributed by atoms with E-state index in [1.807, 2.05) is 56.3 Å². The SMILES string of the molecule is CNC(=O)[C@@H](Cc1ccccc1)N(Cc1ccccc1Cl)C(=O)CN(c1cc(C)ccc1C)S(=O)(=O)c1ccc(C)cc1. The minimum Gasteiger partial charge on any atom is -0.357 e. The highest BCUT2D eigenvalue weighted by atomic mass is 35.5. The maximum absolute atomic E-state index is 14.4. The fourth-order valence-corrected chi connectivity index (χ4v) is 6.54. The van der Waals surface area contributed by atoms with Crippen LogP contribution in [0, 0.1) is 20.8 Å². The largest absolute Gasteiger partial charge is 0.357 e. The van der Waals surface area contributed by atoms with Crippen molar-refractivity contribution in [2.45, 2.75) is 44.7 Å². The van der Waals surface area contributed by atoms with E-state index >= 15 is 0 Å². The quantitative estimate of drug-likeness (QED) is 0.229. The molecule has 1 N–H and O–H groups in total. The van der Waals surface area contributed by atoms with Crippen molar-refractivity contribution in [1.29, 1.82) is 0 Å². The Hall–Kier alpha value is -4.14. The second kappa shape index (κ2) is 13.9. The number of amides is 2. The molecule has 0 aliphatic carbocycles. The van der Waals surface area contributed by atoms with E-state index in [-0.39, 0.29) is 23.8 Å². The molecule has 0 spiro atoms. The normalized spacial score (nSPS) is 11.9. The first-order chi connectivity index (χ1) is 20.5. The number of rotatable bonds is 11. The number of carbonyl (C=O) groups excluding carboxylic acids is 2. The van der Waals surface area contributed by atoms with Crippen LogP contribution in [0.5, 0.6) is 0 Å². The van der Waals surface area contributed by atoms with Crippen LogP contribution in [-0.2, 0) is 32.6 Å². The fraction of sp³-hybridized carbons (Fsp3) is 0.235. The Kier molecular flexibility index (Phi) is 10.3. The van der Waals surface area contributed by atoms with Gasteiger partial charge in [0.05, 0.1) is 10.6 Å². The minimum absolute atomic E-state index is 0.00858. The van der Waals surface area contributed by atoms with Crippen LogP contribution in [0.25, 0.3) is 0 Å². The van der Waals surface area contributed by atoms with Crippen LogP contribution in [0.15, 0.2) is 102 Å². The van der Waals surface area contributed by atoms with Gasteiger partial charge in [-0.15, -0.1) is 0 Å². The van der Waals surface area contributed by atoms with Crippen molar-refractivity contribution in [3.05, 3.63) is 130 Å². The standard InChI is InChI=1S/C34H36ClN3O4S/c1-24-15-18-29(19-16-24)43(41,42)38(31-20-25(2)14-17-26(31)3)23-33(39)37(22-28-12-8-9-13-30(28)35)32(34(40)36-4)21-27-10-6-5-7-11-27/h5-20,32H,21-23H2,1-4H3,(H,36,40)/t32-/m1/s1. The molecule has 0 saturated heterocycles. The lowest BCUT2D eigenvalue weighted by Crippen LogP contribution is -2.53. The number of sulfonamides is 1. The summed E-state index contributed by atoms with van der Waals surface area (Å²) in [6.45, 7) is 5.04. The number of hydrogen-bond donors (Lipinski definition) is 1. The molecule has 0 aliphatic rings. The molecule has 7 nitrogen and oxygen atoms in total. The van der Waals surface area contributed by atoms with Gasteiger partial charge in [-0.2, -0.15) is 0 Å². The predicted molar refractivity (Wildman–Crippen MR) is 172 cm³/mol. The van der Waals surface area contributed by atoms with Gasteiger partial charge in [0.25, 0.3) is 10.0 Å². The first-order valence-electron chi connectivity index (χ1n) is 14.0. The van der Waals surface area contributed by atoms with E-state index < -0.39 is 28.5 Å². The molecule has 1 atom stereocenters. The number of carbonyl (C=O) groups is 2. The van der Waals surface area contributed by atoms with Crippen molar-refractivity contribution in [2.24, 2.45) is 0 Å². The third kappa shape index (κ3) is 7.63. The van der Waals surface area contributed by atoms with Crippen molar-refractivity contribution in [1.82, 2.24) is 10.2 Å². The summed E-state index contributed by atoms with van der Waals surface area (Å²) >= 11 is 6.51. The zero-order valence-corrected chi connectivity index (χ0v) is 26.3. The summed E-state index contributed by atoms with van der Waals surface area (Å²) in [6, 6.07) is 27.6. The molecule has 4 aromatic rings. The number of anilines is 1. The van der Waals surface area contributed by atoms with Gasteiger partial charge >= 0.3 is 0 Å². The van der Waals surface area contributed by atoms with E-state index in [9.17, 15) is 18.0 Å². The summed E-state index contributed by atoms with van der Waals surface area (Å²) in [4.78, 5) is 29.3. The smallest absolute Gasteiger partial charge is 0.264 e. The number of nitrogens with zero attached hydrogens (tertiary/aromatic N) is 2. The van der Waals surface area contributed by atoms with Gasteiger partial charge in [-0.05, 0) is 67.3 Å². The lowest BCUT2D eigenvalue weighted by Gasteiger charge is -2.34. The third-order valence-electron chi connectivity index (χ3n) is 7.34. The topological polar surface area (TPSA) is 86.8 Å². The van der Waals surface area contributed by atoms with Crippen molar-refractivity contribution in [3.63, 3.8) is 0 Å². The number of aryl methyl sites for hydroxylation is 3. The molecule has 43 heavy (non-hydrogen) atoms. The fourth-order valence-electron chi connectivity index (χ4n) is 4.87. The molecule has 0 bridgehead atoms. The van der Waals surface area contributed by atoms with Crippen molar-refractivity contribution >= 4 is 39.1 Å². The van der Waals surface area contributed by atoms with E-state index in [0.717, 1.165) is 21.0 Å². The molecular weight excluding hydrogens is 582 g/mol. The molecule has 0 saturated carbocycles. The van der Waals surface area contributed by atoms with Crippen LogP contribution in [0.4, 0.5) is 5.69 Å². The predicted octanol–water partition coefficient (Wildman–Crippen LogP) is 5.85. The number of likely N-dealkylation sites (N-methyl/N-ethyl adjacent to an activating group) is 1. The molecule has 224 valence electrons. The highest BCUT2D eigenvalue weighted by Crippen LogP contribution is 2.29. The van der Waals surface area contributed by atoms with E-state index in [1.165, 1.54) is 24.1 Å². The highest BCUT2D eigenvalue weighted by molar-refractivity contribution is 7.92. The highest BCUT2D eigenvalue weighted by Gasteiger charge is 2.35. The Bertz CT molecular complexity index is 1690. The van der Waals surface area contributed by atoms with Gasteiger partial charge in [-0.1, -0.05) is 90.0 Å². The summed E-state index contributed by atoms with van der Waals surface area (Å²) in [5, 5.41) is 3.13. The minimum atomic E-state index is -4.17. The molecule has 0 heterocycles. The molecule has 4 rings (SSSR count). The van der Waals surface area contributed by atoms with Crippen LogP contribution < -0.4 is 9.62 Å². The van der Waals surface area contributed by atoms with Gasteiger partial charge in [-0.3, -0.25) is 13.9 Å². The lowest BCUT2D eigenvalue weighted by atomic mass is 10.0. The van der Waals surface area contributed by atoms with Crippen molar-refractivity contribution in [2.75, 3.05) is 17.9 Å². The Labute approximate surface area is 259 Å². The molecule has 0 radical (unpaired) electrons. The van der Waals surface area contributed by atoms with E-state index in [2.05, 4.69) is 5.32 Å². The zero-order chi connectivity index (χ0) is 31.1. The summed E-state index contributed by atoms with van der Waals surface area (Å²) in [5.74, 6) is -0.912. The van der Waals surface area contributed by atoms with Crippen LogP contribution in [0.3, 0.4) is 0 Å². The Morgan fingerprint density at radius 3 is 2.12 bits per heavy atom. The summed E-state index contributed by atoms with van der Waals surface area (Å²) in [5.41, 5.74) is 4.34. The second-order valence-corrected chi connectivity index (χ2v) is 12.8. The third-order valence-corrected chi connectivity index (χ3v) is 9.48. The number of benzene rings is 4. The van der Waals surface area contributed by atoms with Crippen LogP contribution in [-0.4, -0.2) is 44.8 Å². The van der Waals surface area contributed by atoms with E-state index in [4.69, 9.17) is 11.6 Å². The van der Waals surface area contributed by atoms with Gasteiger partial charge in [0.15, 0.2) is 0 Å². The molecular formula is C34H36ClN3O4S. The monoisotopic (exact) mass is 617 g/mol. The van der Waals surface area contributed by atoms with Gasteiger partial charge in [0.1, 0.15) is 12.6 Å². The van der Waals surface area contributed by atoms with Gasteiger partial charge in [0, 0.05) is 25.0 Å². The Morgan fingerprint density at radius 2 is 1.47 bits per heavy atom. The Morgan fingerprint density at radius 1 is 0.837 bits per heavy atom. The summed E-state index contributed by atoms with van der Waals surface area (Å²) < 4.78 is 29.5. The van der Waals surface area contributed by atoms with Crippen molar-refractivity contribution in [3.8, 4) is 0 Å². The lowest BCUT2D eigenvalue weighted by molar-refractivity contribution is -0.139. The molecule has 0 aliphatic heterocycles. The van der Waals surface area contributed by atoms with Gasteiger partial charge < -0.3 is 10.2 Å². The maximum atomic E-state index is 14.4.